The van der Waals surface area contributed by atoms with Gasteiger partial charge in [0.2, 0.25) is 5.91 Å². The van der Waals surface area contributed by atoms with E-state index in [1.807, 2.05) is 30.5 Å². The second kappa shape index (κ2) is 10.2. The van der Waals surface area contributed by atoms with E-state index in [1.165, 1.54) is 0 Å². The van der Waals surface area contributed by atoms with Gasteiger partial charge in [0.05, 0.1) is 24.6 Å². The van der Waals surface area contributed by atoms with Gasteiger partial charge in [0.15, 0.2) is 0 Å². The Balaban J connectivity index is 0.000000423. The Morgan fingerprint density at radius 3 is 2.58 bits per heavy atom. The van der Waals surface area contributed by atoms with Crippen LogP contribution in [0.4, 0.5) is 18.9 Å². The Bertz CT molecular complexity index is 1120. The molecule has 162 valence electrons. The molecule has 11 heteroatoms. The number of aromatic nitrogens is 2. The second-order valence-corrected chi connectivity index (χ2v) is 6.30. The molecule has 0 aliphatic carbocycles. The number of aliphatic carboxylic acids is 1. The van der Waals surface area contributed by atoms with Crippen molar-refractivity contribution in [3.8, 4) is 6.07 Å². The van der Waals surface area contributed by atoms with E-state index in [-0.39, 0.29) is 12.3 Å². The molecule has 31 heavy (non-hydrogen) atoms. The van der Waals surface area contributed by atoms with Crippen LogP contribution in [0.25, 0.3) is 10.9 Å². The first-order valence-corrected chi connectivity index (χ1v) is 8.84. The smallest absolute Gasteiger partial charge is 0.475 e. The van der Waals surface area contributed by atoms with Crippen LogP contribution >= 0.6 is 0 Å². The van der Waals surface area contributed by atoms with Gasteiger partial charge >= 0.3 is 12.1 Å². The van der Waals surface area contributed by atoms with Crippen molar-refractivity contribution in [1.29, 1.82) is 5.26 Å². The number of carboxylic acid groups (broad SMARTS) is 1. The Hall–Kier alpha value is -3.91. The number of nitrogens with one attached hydrogen (secondary N) is 2. The fraction of sp³-hybridized carbons (Fsp3) is 0.200. The summed E-state index contributed by atoms with van der Waals surface area (Å²) >= 11 is 0. The van der Waals surface area contributed by atoms with Crippen LogP contribution in [0.3, 0.4) is 0 Å². The van der Waals surface area contributed by atoms with Crippen LogP contribution in [0.15, 0.2) is 42.7 Å². The van der Waals surface area contributed by atoms with E-state index in [1.54, 1.807) is 12.3 Å². The number of benzene rings is 1. The SMILES string of the molecule is N#CCc1c[nH]c2ccc(NC(=O)Cc3ccnc(CN)c3)cc12.O=C(O)C(F)(F)F. The van der Waals surface area contributed by atoms with Crippen molar-refractivity contribution in [2.24, 2.45) is 5.73 Å². The molecule has 8 nitrogen and oxygen atoms in total. The normalized spacial score (nSPS) is 10.7. The number of nitrogens with two attached hydrogens (primary N) is 1. The number of carbonyl (C=O) groups excluding carboxylic acids is 1. The number of pyridine rings is 1. The Morgan fingerprint density at radius 2 is 1.97 bits per heavy atom. The molecule has 3 rings (SSSR count). The Labute approximate surface area is 174 Å². The molecule has 0 spiro atoms. The van der Waals surface area contributed by atoms with Crippen molar-refractivity contribution in [1.82, 2.24) is 9.97 Å². The summed E-state index contributed by atoms with van der Waals surface area (Å²) in [6.45, 7) is 0.348. The van der Waals surface area contributed by atoms with E-state index in [0.29, 0.717) is 18.7 Å². The lowest BCUT2D eigenvalue weighted by molar-refractivity contribution is -0.192. The first-order chi connectivity index (χ1) is 14.6. The van der Waals surface area contributed by atoms with Crippen molar-refractivity contribution in [3.63, 3.8) is 0 Å². The molecule has 5 N–H and O–H groups in total. The van der Waals surface area contributed by atoms with Gasteiger partial charge < -0.3 is 21.1 Å². The molecule has 0 bridgehead atoms. The molecule has 3 aromatic rings. The van der Waals surface area contributed by atoms with Gasteiger partial charge in [0.1, 0.15) is 0 Å². The number of halogens is 3. The molecular weight excluding hydrogens is 415 g/mol. The third-order valence-electron chi connectivity index (χ3n) is 4.02. The first kappa shape index (κ1) is 23.4. The number of anilines is 1. The summed E-state index contributed by atoms with van der Waals surface area (Å²) in [6.07, 6.45) is -1.02. The highest BCUT2D eigenvalue weighted by Crippen LogP contribution is 2.23. The van der Waals surface area contributed by atoms with Gasteiger partial charge in [-0.05, 0) is 41.5 Å². The van der Waals surface area contributed by atoms with E-state index in [4.69, 9.17) is 20.9 Å². The summed E-state index contributed by atoms with van der Waals surface area (Å²) in [7, 11) is 0. The van der Waals surface area contributed by atoms with Gasteiger partial charge in [-0.1, -0.05) is 0 Å². The van der Waals surface area contributed by atoms with Gasteiger partial charge in [-0.25, -0.2) is 4.79 Å². The summed E-state index contributed by atoms with van der Waals surface area (Å²) < 4.78 is 31.7. The Morgan fingerprint density at radius 1 is 1.26 bits per heavy atom. The summed E-state index contributed by atoms with van der Waals surface area (Å²) in [5.41, 5.74) is 9.77. The van der Waals surface area contributed by atoms with Gasteiger partial charge in [-0.2, -0.15) is 18.4 Å². The average Bonchev–Trinajstić information content (AvgIpc) is 3.10. The molecule has 0 saturated heterocycles. The lowest BCUT2D eigenvalue weighted by atomic mass is 10.1. The van der Waals surface area contributed by atoms with Crippen LogP contribution < -0.4 is 11.1 Å². The number of hydrogen-bond acceptors (Lipinski definition) is 5. The van der Waals surface area contributed by atoms with E-state index >= 15 is 0 Å². The van der Waals surface area contributed by atoms with Crippen molar-refractivity contribution in [2.45, 2.75) is 25.6 Å². The molecule has 2 aromatic heterocycles. The molecule has 0 radical (unpaired) electrons. The zero-order valence-electron chi connectivity index (χ0n) is 16.0. The van der Waals surface area contributed by atoms with E-state index in [9.17, 15) is 18.0 Å². The van der Waals surface area contributed by atoms with Gasteiger partial charge in [0, 0.05) is 35.5 Å². The second-order valence-electron chi connectivity index (χ2n) is 6.30. The molecule has 0 atom stereocenters. The number of amides is 1. The fourth-order valence-corrected chi connectivity index (χ4v) is 2.63. The number of nitrogens with zero attached hydrogens (tertiary/aromatic N) is 2. The van der Waals surface area contributed by atoms with Crippen molar-refractivity contribution in [3.05, 3.63) is 59.5 Å². The van der Waals surface area contributed by atoms with Crippen LogP contribution in [-0.2, 0) is 29.0 Å². The number of aromatic amines is 1. The average molecular weight is 433 g/mol. The monoisotopic (exact) mass is 433 g/mol. The summed E-state index contributed by atoms with van der Waals surface area (Å²) in [4.78, 5) is 28.4. The number of nitriles is 1. The molecule has 0 saturated carbocycles. The lowest BCUT2D eigenvalue weighted by Gasteiger charge is -2.07. The molecular formula is C20H18F3N5O3. The maximum Gasteiger partial charge on any atom is 0.490 e. The standard InChI is InChI=1S/C18H17N5O.C2HF3O2/c19-5-3-13-11-22-17-2-1-14(9-16(13)17)23-18(24)8-12-4-6-21-15(7-12)10-20;3-2(4,5)1(6)7/h1-2,4,6-7,9,11,22H,3,8,10,20H2,(H,23,24);(H,6,7). The highest BCUT2D eigenvalue weighted by atomic mass is 19.4. The fourth-order valence-electron chi connectivity index (χ4n) is 2.63. The van der Waals surface area contributed by atoms with Crippen molar-refractivity contribution in [2.75, 3.05) is 5.32 Å². The number of rotatable bonds is 5. The highest BCUT2D eigenvalue weighted by molar-refractivity contribution is 5.95. The van der Waals surface area contributed by atoms with Crippen LogP contribution in [0.2, 0.25) is 0 Å². The minimum Gasteiger partial charge on any atom is -0.475 e. The van der Waals surface area contributed by atoms with Gasteiger partial charge in [-0.15, -0.1) is 0 Å². The number of carbonyl (C=O) groups is 2. The summed E-state index contributed by atoms with van der Waals surface area (Å²) in [5, 5.41) is 19.8. The van der Waals surface area contributed by atoms with E-state index in [2.05, 4.69) is 21.4 Å². The van der Waals surface area contributed by atoms with Crippen LogP contribution in [0.5, 0.6) is 0 Å². The van der Waals surface area contributed by atoms with E-state index < -0.39 is 12.1 Å². The van der Waals surface area contributed by atoms with Crippen molar-refractivity contribution < 1.29 is 27.9 Å². The summed E-state index contributed by atoms with van der Waals surface area (Å²) in [6, 6.07) is 11.4. The highest BCUT2D eigenvalue weighted by Gasteiger charge is 2.38. The molecule has 1 aromatic carbocycles. The molecule has 2 heterocycles. The number of alkyl halides is 3. The zero-order valence-corrected chi connectivity index (χ0v) is 16.0. The Kier molecular flexibility index (Phi) is 7.70. The molecule has 0 fully saturated rings. The van der Waals surface area contributed by atoms with Gasteiger partial charge in [-0.3, -0.25) is 9.78 Å². The molecule has 1 amide bonds. The maximum absolute atomic E-state index is 12.2. The summed E-state index contributed by atoms with van der Waals surface area (Å²) in [5.74, 6) is -2.87. The molecule has 0 unspecified atom stereocenters. The number of carboxylic acids is 1. The quantitative estimate of drug-likeness (QED) is 0.487. The van der Waals surface area contributed by atoms with Crippen LogP contribution in [-0.4, -0.2) is 33.1 Å². The predicted octanol–water partition coefficient (Wildman–Crippen LogP) is 2.90. The topological polar surface area (TPSA) is 145 Å². The number of hydrogen-bond donors (Lipinski definition) is 4. The lowest BCUT2D eigenvalue weighted by Crippen LogP contribution is -2.21. The van der Waals surface area contributed by atoms with Crippen LogP contribution in [0.1, 0.15) is 16.8 Å². The largest absolute Gasteiger partial charge is 0.490 e. The third-order valence-corrected chi connectivity index (χ3v) is 4.02. The minimum atomic E-state index is -5.08. The van der Waals surface area contributed by atoms with E-state index in [0.717, 1.165) is 27.7 Å². The maximum atomic E-state index is 12.2. The predicted molar refractivity (Wildman–Crippen MR) is 106 cm³/mol. The minimum absolute atomic E-state index is 0.110. The first-order valence-electron chi connectivity index (χ1n) is 8.84. The third kappa shape index (κ3) is 6.83. The van der Waals surface area contributed by atoms with Crippen molar-refractivity contribution >= 4 is 28.5 Å². The molecule has 0 aliphatic rings. The zero-order chi connectivity index (χ0) is 23.0. The number of H-pyrrole nitrogens is 1. The van der Waals surface area contributed by atoms with Crippen LogP contribution in [0, 0.1) is 11.3 Å². The number of fused-ring (bicyclic) bond motifs is 1. The molecule has 0 aliphatic heterocycles. The van der Waals surface area contributed by atoms with Gasteiger partial charge in [0.25, 0.3) is 0 Å².